The Morgan fingerprint density at radius 3 is 2.69 bits per heavy atom. The number of carbonyl (C=O) groups is 1. The summed E-state index contributed by atoms with van der Waals surface area (Å²) in [6.45, 7) is 1.95. The number of ether oxygens (including phenoxy) is 1. The number of sulfonamides is 1. The fourth-order valence-corrected chi connectivity index (χ4v) is 4.82. The molecule has 1 N–H and O–H groups in total. The van der Waals surface area contributed by atoms with E-state index in [2.05, 4.69) is 15.5 Å². The van der Waals surface area contributed by atoms with Gasteiger partial charge in [0.2, 0.25) is 11.7 Å². The third-order valence-electron chi connectivity index (χ3n) is 3.85. The fraction of sp³-hybridized carbons (Fsp3) is 0.278. The van der Waals surface area contributed by atoms with Crippen molar-refractivity contribution in [3.63, 3.8) is 0 Å². The maximum Gasteiger partial charge on any atom is 0.255 e. The molecular formula is C18H20N4O5S2. The van der Waals surface area contributed by atoms with Crippen LogP contribution in [0.2, 0.25) is 0 Å². The minimum absolute atomic E-state index is 0.0678. The first-order chi connectivity index (χ1) is 13.8. The van der Waals surface area contributed by atoms with Gasteiger partial charge in [-0.3, -0.25) is 4.79 Å². The van der Waals surface area contributed by atoms with Crippen LogP contribution in [-0.2, 0) is 23.2 Å². The molecule has 0 spiro atoms. The van der Waals surface area contributed by atoms with Crippen LogP contribution in [0.5, 0.6) is 5.75 Å². The Hall–Kier alpha value is -2.76. The number of aromatic nitrogens is 2. The summed E-state index contributed by atoms with van der Waals surface area (Å²) < 4.78 is 36.2. The van der Waals surface area contributed by atoms with E-state index in [4.69, 9.17) is 9.26 Å². The molecule has 11 heteroatoms. The molecule has 0 saturated carbocycles. The van der Waals surface area contributed by atoms with Crippen LogP contribution in [0.3, 0.4) is 0 Å². The van der Waals surface area contributed by atoms with E-state index in [1.807, 2.05) is 0 Å². The number of carbonyl (C=O) groups excluding carboxylic acids is 1. The van der Waals surface area contributed by atoms with Gasteiger partial charge in [0.15, 0.2) is 6.61 Å². The van der Waals surface area contributed by atoms with E-state index in [1.165, 1.54) is 20.2 Å². The number of hydrogen-bond acceptors (Lipinski definition) is 8. The van der Waals surface area contributed by atoms with E-state index in [9.17, 15) is 13.2 Å². The first-order valence-corrected chi connectivity index (χ1v) is 10.8. The zero-order chi connectivity index (χ0) is 21.0. The van der Waals surface area contributed by atoms with Crippen LogP contribution in [0.1, 0.15) is 27.0 Å². The lowest BCUT2D eigenvalue weighted by Crippen LogP contribution is -2.23. The van der Waals surface area contributed by atoms with Gasteiger partial charge in [0.25, 0.3) is 15.9 Å². The Morgan fingerprint density at radius 1 is 1.24 bits per heavy atom. The van der Waals surface area contributed by atoms with Crippen LogP contribution in [0.25, 0.3) is 0 Å². The van der Waals surface area contributed by atoms with E-state index in [0.29, 0.717) is 23.0 Å². The Labute approximate surface area is 172 Å². The van der Waals surface area contributed by atoms with Gasteiger partial charge in [-0.15, -0.1) is 11.3 Å². The summed E-state index contributed by atoms with van der Waals surface area (Å²) in [5.41, 5.74) is 0.352. The van der Waals surface area contributed by atoms with Crippen molar-refractivity contribution >= 4 is 27.3 Å². The Kier molecular flexibility index (Phi) is 6.30. The largest absolute Gasteiger partial charge is 0.485 e. The zero-order valence-corrected chi connectivity index (χ0v) is 17.7. The number of rotatable bonds is 8. The lowest BCUT2D eigenvalue weighted by atomic mass is 10.2. The summed E-state index contributed by atoms with van der Waals surface area (Å²) in [5, 5.41) is 6.54. The molecule has 9 nitrogen and oxygen atoms in total. The topological polar surface area (TPSA) is 115 Å². The molecule has 0 unspecified atom stereocenters. The molecule has 1 amide bonds. The number of nitrogens with one attached hydrogen (secondary N) is 1. The summed E-state index contributed by atoms with van der Waals surface area (Å²) in [4.78, 5) is 17.4. The minimum atomic E-state index is -3.49. The summed E-state index contributed by atoms with van der Waals surface area (Å²) in [6.07, 6.45) is 0. The van der Waals surface area contributed by atoms with Crippen LogP contribution < -0.4 is 10.1 Å². The molecule has 0 radical (unpaired) electrons. The first-order valence-electron chi connectivity index (χ1n) is 8.58. The van der Waals surface area contributed by atoms with Crippen molar-refractivity contribution in [1.29, 1.82) is 0 Å². The van der Waals surface area contributed by atoms with Gasteiger partial charge in [0.05, 0.1) is 12.1 Å². The maximum absolute atomic E-state index is 12.6. The third kappa shape index (κ3) is 5.00. The van der Waals surface area contributed by atoms with Crippen molar-refractivity contribution in [2.24, 2.45) is 0 Å². The smallest absolute Gasteiger partial charge is 0.255 e. The van der Waals surface area contributed by atoms with Crippen molar-refractivity contribution in [2.75, 3.05) is 14.1 Å². The molecule has 154 valence electrons. The minimum Gasteiger partial charge on any atom is -0.485 e. The number of para-hydroxylation sites is 1. The monoisotopic (exact) mass is 436 g/mol. The van der Waals surface area contributed by atoms with E-state index in [1.54, 1.807) is 37.3 Å². The summed E-state index contributed by atoms with van der Waals surface area (Å²) in [7, 11) is -0.535. The Bertz CT molecular complexity index is 1100. The van der Waals surface area contributed by atoms with E-state index in [-0.39, 0.29) is 23.3 Å². The SMILES string of the molecule is Cc1nc(COc2ccccc2C(=O)NCc2ccc(S(=O)(=O)N(C)C)s2)no1. The van der Waals surface area contributed by atoms with Crippen LogP contribution in [0.4, 0.5) is 0 Å². The van der Waals surface area contributed by atoms with Crippen LogP contribution >= 0.6 is 11.3 Å². The van der Waals surface area contributed by atoms with Gasteiger partial charge < -0.3 is 14.6 Å². The molecule has 2 aromatic heterocycles. The second-order valence-electron chi connectivity index (χ2n) is 6.21. The van der Waals surface area contributed by atoms with Gasteiger partial charge in [-0.2, -0.15) is 4.98 Å². The highest BCUT2D eigenvalue weighted by Crippen LogP contribution is 2.24. The molecule has 0 fully saturated rings. The molecule has 0 bridgehead atoms. The highest BCUT2D eigenvalue weighted by Gasteiger charge is 2.20. The molecule has 0 aliphatic carbocycles. The van der Waals surface area contributed by atoms with Crippen LogP contribution in [0, 0.1) is 6.92 Å². The number of thiophene rings is 1. The maximum atomic E-state index is 12.6. The van der Waals surface area contributed by atoms with E-state index in [0.717, 1.165) is 20.5 Å². The molecular weight excluding hydrogens is 416 g/mol. The Morgan fingerprint density at radius 2 is 2.00 bits per heavy atom. The summed E-state index contributed by atoms with van der Waals surface area (Å²) >= 11 is 1.12. The van der Waals surface area contributed by atoms with E-state index < -0.39 is 10.0 Å². The molecule has 0 aliphatic heterocycles. The standard InChI is InChI=1S/C18H20N4O5S2/c1-12-20-16(21-27-12)11-26-15-7-5-4-6-14(15)18(23)19-10-13-8-9-17(28-13)29(24,25)22(2)3/h4-9H,10-11H2,1-3H3,(H,19,23). The molecule has 3 aromatic rings. The number of hydrogen-bond donors (Lipinski definition) is 1. The molecule has 29 heavy (non-hydrogen) atoms. The number of aryl methyl sites for hydroxylation is 1. The van der Waals surface area contributed by atoms with Gasteiger partial charge >= 0.3 is 0 Å². The fourth-order valence-electron chi connectivity index (χ4n) is 2.36. The average Bonchev–Trinajstić information content (AvgIpc) is 3.34. The van der Waals surface area contributed by atoms with Gasteiger partial charge in [-0.05, 0) is 24.3 Å². The second kappa shape index (κ2) is 8.72. The quantitative estimate of drug-likeness (QED) is 0.576. The lowest BCUT2D eigenvalue weighted by molar-refractivity contribution is 0.0946. The molecule has 0 atom stereocenters. The molecule has 1 aromatic carbocycles. The van der Waals surface area contributed by atoms with E-state index >= 15 is 0 Å². The highest BCUT2D eigenvalue weighted by molar-refractivity contribution is 7.91. The number of nitrogens with zero attached hydrogens (tertiary/aromatic N) is 3. The molecule has 3 rings (SSSR count). The number of benzene rings is 1. The average molecular weight is 437 g/mol. The van der Waals surface area contributed by atoms with Crippen LogP contribution in [-0.4, -0.2) is 42.9 Å². The first kappa shape index (κ1) is 21.0. The molecule has 2 heterocycles. The van der Waals surface area contributed by atoms with Gasteiger partial charge in [-0.25, -0.2) is 12.7 Å². The molecule has 0 saturated heterocycles. The normalized spacial score (nSPS) is 11.6. The second-order valence-corrected chi connectivity index (χ2v) is 9.75. The Balaban J connectivity index is 1.65. The van der Waals surface area contributed by atoms with Crippen molar-refractivity contribution in [3.8, 4) is 5.75 Å². The number of amides is 1. The third-order valence-corrected chi connectivity index (χ3v) is 7.22. The molecule has 0 aliphatic rings. The van der Waals surface area contributed by atoms with Gasteiger partial charge in [0.1, 0.15) is 9.96 Å². The van der Waals surface area contributed by atoms with Gasteiger partial charge in [-0.1, -0.05) is 17.3 Å². The van der Waals surface area contributed by atoms with Crippen molar-refractivity contribution < 1.29 is 22.5 Å². The van der Waals surface area contributed by atoms with Crippen molar-refractivity contribution in [3.05, 3.63) is 58.6 Å². The summed E-state index contributed by atoms with van der Waals surface area (Å²) in [6, 6.07) is 10.0. The predicted molar refractivity (Wildman–Crippen MR) is 106 cm³/mol. The highest BCUT2D eigenvalue weighted by atomic mass is 32.2. The summed E-state index contributed by atoms with van der Waals surface area (Å²) in [5.74, 6) is 0.858. The lowest BCUT2D eigenvalue weighted by Gasteiger charge is -2.10. The van der Waals surface area contributed by atoms with Crippen molar-refractivity contribution in [1.82, 2.24) is 19.8 Å². The van der Waals surface area contributed by atoms with Crippen molar-refractivity contribution in [2.45, 2.75) is 24.3 Å². The zero-order valence-electron chi connectivity index (χ0n) is 16.1. The van der Waals surface area contributed by atoms with Gasteiger partial charge in [0, 0.05) is 25.9 Å². The van der Waals surface area contributed by atoms with Crippen LogP contribution in [0.15, 0.2) is 45.1 Å². The predicted octanol–water partition coefficient (Wildman–Crippen LogP) is 2.20.